The van der Waals surface area contributed by atoms with E-state index in [0.29, 0.717) is 17.4 Å². The molecule has 9 heteroatoms. The highest BCUT2D eigenvalue weighted by Crippen LogP contribution is 2.17. The summed E-state index contributed by atoms with van der Waals surface area (Å²) < 4.78 is 22.8. The lowest BCUT2D eigenvalue weighted by Gasteiger charge is -2.26. The fraction of sp³-hybridized carbons (Fsp3) is 0.705. The number of rotatable bonds is 65. The lowest BCUT2D eigenvalue weighted by atomic mass is 10.0. The summed E-state index contributed by atoms with van der Waals surface area (Å²) in [5.74, 6) is -2.28. The number of carboxylic acid groups (broad SMARTS) is 1. The van der Waals surface area contributed by atoms with Gasteiger partial charge in [-0.2, -0.15) is 0 Å². The van der Waals surface area contributed by atoms with Crippen molar-refractivity contribution < 1.29 is 42.9 Å². The summed E-state index contributed by atoms with van der Waals surface area (Å²) in [7, 11) is 5.93. The molecular formula is C78H133NO8. The largest absolute Gasteiger partial charge is 0.545 e. The smallest absolute Gasteiger partial charge is 0.306 e. The molecule has 0 amide bonds. The molecule has 0 bridgehead atoms. The number of ether oxygens (including phenoxy) is 4. The summed E-state index contributed by atoms with van der Waals surface area (Å²) >= 11 is 0. The van der Waals surface area contributed by atoms with Gasteiger partial charge in [0.05, 0.1) is 40.3 Å². The number of esters is 2. The van der Waals surface area contributed by atoms with Crippen molar-refractivity contribution in [3.8, 4) is 0 Å². The van der Waals surface area contributed by atoms with Crippen LogP contribution in [0.4, 0.5) is 0 Å². The molecule has 87 heavy (non-hydrogen) atoms. The van der Waals surface area contributed by atoms with Gasteiger partial charge in [0.15, 0.2) is 12.4 Å². The molecule has 0 rings (SSSR count). The highest BCUT2D eigenvalue weighted by molar-refractivity contribution is 5.70. The van der Waals surface area contributed by atoms with E-state index in [1.165, 1.54) is 161 Å². The maximum absolute atomic E-state index is 12.9. The Morgan fingerprint density at radius 1 is 0.345 bits per heavy atom. The molecule has 0 aromatic heterocycles. The first-order valence-corrected chi connectivity index (χ1v) is 35.7. The van der Waals surface area contributed by atoms with Crippen molar-refractivity contribution in [3.05, 3.63) is 122 Å². The third-order valence-electron chi connectivity index (χ3n) is 15.2. The van der Waals surface area contributed by atoms with E-state index in [-0.39, 0.29) is 38.6 Å². The zero-order chi connectivity index (χ0) is 63.3. The van der Waals surface area contributed by atoms with Gasteiger partial charge in [0.1, 0.15) is 13.2 Å². The van der Waals surface area contributed by atoms with Crippen LogP contribution >= 0.6 is 0 Å². The first-order valence-electron chi connectivity index (χ1n) is 35.7. The molecule has 498 valence electrons. The van der Waals surface area contributed by atoms with Crippen molar-refractivity contribution in [3.63, 3.8) is 0 Å². The first-order chi connectivity index (χ1) is 42.6. The van der Waals surface area contributed by atoms with Gasteiger partial charge in [-0.1, -0.05) is 302 Å². The number of carboxylic acids is 1. The fourth-order valence-corrected chi connectivity index (χ4v) is 9.83. The summed E-state index contributed by atoms with van der Waals surface area (Å²) in [4.78, 5) is 37.5. The minimum Gasteiger partial charge on any atom is -0.545 e. The van der Waals surface area contributed by atoms with Crippen molar-refractivity contribution >= 4 is 17.9 Å². The third kappa shape index (κ3) is 69.0. The molecule has 9 nitrogen and oxygen atoms in total. The molecule has 0 aliphatic carbocycles. The number of carbonyl (C=O) groups excluding carboxylic acids is 3. The van der Waals surface area contributed by atoms with E-state index in [0.717, 1.165) is 103 Å². The van der Waals surface area contributed by atoms with Crippen molar-refractivity contribution in [1.82, 2.24) is 0 Å². The SMILES string of the molecule is CC/C=C\C/C=C\C/C=C\C/C=C\C/C=C\C/C=C\CCCCCCCCCCCCCCCCC(=O)OC(COC(=O)CCCCCCCCCCCCCCCCCC/C=C\C/C=C\C/C=C\C/C=C\CC)COC(OCC[N+](C)(C)C)C(=O)[O-]. The van der Waals surface area contributed by atoms with Crippen LogP contribution in [-0.2, 0) is 33.3 Å². The second-order valence-electron chi connectivity index (χ2n) is 24.8. The van der Waals surface area contributed by atoms with Crippen LogP contribution in [-0.4, -0.2) is 82.3 Å². The predicted octanol–water partition coefficient (Wildman–Crippen LogP) is 21.0. The van der Waals surface area contributed by atoms with Crippen molar-refractivity contribution in [2.75, 3.05) is 47.5 Å². The number of hydrogen-bond acceptors (Lipinski definition) is 8. The Bertz CT molecular complexity index is 1840. The summed E-state index contributed by atoms with van der Waals surface area (Å²) in [5.41, 5.74) is 0. The standard InChI is InChI=1S/C78H133NO8/c1-6-8-10-12-14-16-18-20-22-24-26-28-30-32-34-36-37-38-39-41-43-45-47-49-51-53-55-57-59-61-63-65-67-69-76(81)87-74(73-86-78(77(82)83)84-71-70-79(3,4)5)72-85-75(80)68-66-64-62-60-58-56-54-52-50-48-46-44-42-40-35-33-31-29-27-25-23-21-19-17-15-13-11-9-7-2/h8-11,14-17,20-23,26-29,32,34,37-38,74,78H,6-7,12-13,18-19,24-25,30-31,33,35-36,39-73H2,1-5H3/b10-8-,11-9-,16-14-,17-15-,22-20-,23-21-,28-26-,29-27-,34-32-,38-37-. The van der Waals surface area contributed by atoms with Gasteiger partial charge in [0.2, 0.25) is 0 Å². The van der Waals surface area contributed by atoms with E-state index < -0.39 is 24.3 Å². The molecular weight excluding hydrogens is 1080 g/mol. The lowest BCUT2D eigenvalue weighted by molar-refractivity contribution is -0.870. The van der Waals surface area contributed by atoms with Crippen LogP contribution in [0.15, 0.2) is 122 Å². The second kappa shape index (κ2) is 67.6. The van der Waals surface area contributed by atoms with Gasteiger partial charge < -0.3 is 33.3 Å². The molecule has 0 N–H and O–H groups in total. The highest BCUT2D eigenvalue weighted by atomic mass is 16.7. The maximum Gasteiger partial charge on any atom is 0.306 e. The Hall–Kier alpha value is -4.31. The fourth-order valence-electron chi connectivity index (χ4n) is 9.83. The molecule has 0 saturated carbocycles. The van der Waals surface area contributed by atoms with Gasteiger partial charge in [0, 0.05) is 12.8 Å². The van der Waals surface area contributed by atoms with Crippen LogP contribution in [0.1, 0.15) is 296 Å². The van der Waals surface area contributed by atoms with Crippen LogP contribution < -0.4 is 5.11 Å². The predicted molar refractivity (Wildman–Crippen MR) is 370 cm³/mol. The average molecular weight is 1210 g/mol. The molecule has 0 radical (unpaired) electrons. The van der Waals surface area contributed by atoms with Crippen LogP contribution in [0.25, 0.3) is 0 Å². The zero-order valence-electron chi connectivity index (χ0n) is 56.9. The number of aliphatic carboxylic acids is 1. The van der Waals surface area contributed by atoms with Gasteiger partial charge in [-0.25, -0.2) is 0 Å². The zero-order valence-corrected chi connectivity index (χ0v) is 56.9. The average Bonchev–Trinajstić information content (AvgIpc) is 3.59. The van der Waals surface area contributed by atoms with Crippen LogP contribution in [0.3, 0.4) is 0 Å². The molecule has 0 aliphatic heterocycles. The van der Waals surface area contributed by atoms with Gasteiger partial charge >= 0.3 is 11.9 Å². The Morgan fingerprint density at radius 2 is 0.621 bits per heavy atom. The summed E-state index contributed by atoms with van der Waals surface area (Å²) in [6.07, 6.45) is 92.8. The minimum absolute atomic E-state index is 0.144. The summed E-state index contributed by atoms with van der Waals surface area (Å²) in [6.45, 7) is 4.54. The topological polar surface area (TPSA) is 111 Å². The molecule has 2 atom stereocenters. The molecule has 0 aromatic carbocycles. The van der Waals surface area contributed by atoms with E-state index in [9.17, 15) is 19.5 Å². The number of nitrogens with zero attached hydrogens (tertiary/aromatic N) is 1. The minimum atomic E-state index is -1.63. The van der Waals surface area contributed by atoms with Crippen LogP contribution in [0.2, 0.25) is 0 Å². The van der Waals surface area contributed by atoms with E-state index in [1.807, 2.05) is 21.1 Å². The van der Waals surface area contributed by atoms with Gasteiger partial charge in [0.25, 0.3) is 0 Å². The van der Waals surface area contributed by atoms with Gasteiger partial charge in [-0.15, -0.1) is 0 Å². The van der Waals surface area contributed by atoms with Crippen LogP contribution in [0, 0.1) is 0 Å². The Kier molecular flexibility index (Phi) is 64.3. The molecule has 0 aromatic rings. The van der Waals surface area contributed by atoms with Crippen molar-refractivity contribution in [2.45, 2.75) is 309 Å². The number of allylic oxidation sites excluding steroid dienone is 20. The Labute approximate surface area is 536 Å². The monoisotopic (exact) mass is 1210 g/mol. The normalized spacial score (nSPS) is 13.4. The molecule has 2 unspecified atom stereocenters. The molecule has 0 spiro atoms. The molecule has 0 aliphatic rings. The van der Waals surface area contributed by atoms with Gasteiger partial charge in [-0.3, -0.25) is 9.59 Å². The van der Waals surface area contributed by atoms with E-state index in [4.69, 9.17) is 18.9 Å². The van der Waals surface area contributed by atoms with Crippen LogP contribution in [0.5, 0.6) is 0 Å². The molecule has 0 saturated heterocycles. The Morgan fingerprint density at radius 3 is 0.920 bits per heavy atom. The number of likely N-dealkylation sites (N-methyl/N-ethyl adjacent to an activating group) is 1. The maximum atomic E-state index is 12.9. The molecule has 0 heterocycles. The van der Waals surface area contributed by atoms with E-state index >= 15 is 0 Å². The number of hydrogen-bond donors (Lipinski definition) is 0. The summed E-state index contributed by atoms with van der Waals surface area (Å²) in [6, 6.07) is 0. The second-order valence-corrected chi connectivity index (χ2v) is 24.8. The Balaban J connectivity index is 4.11. The van der Waals surface area contributed by atoms with E-state index in [1.54, 1.807) is 0 Å². The number of quaternary nitrogens is 1. The highest BCUT2D eigenvalue weighted by Gasteiger charge is 2.22. The third-order valence-corrected chi connectivity index (χ3v) is 15.2. The van der Waals surface area contributed by atoms with E-state index in [2.05, 4.69) is 135 Å². The number of unbranched alkanes of at least 4 members (excludes halogenated alkanes) is 30. The van der Waals surface area contributed by atoms with Crippen molar-refractivity contribution in [1.29, 1.82) is 0 Å². The number of carbonyl (C=O) groups is 3. The quantitative estimate of drug-likeness (QED) is 0.0195. The molecule has 0 fully saturated rings. The lowest BCUT2D eigenvalue weighted by Crippen LogP contribution is -2.44. The van der Waals surface area contributed by atoms with Crippen molar-refractivity contribution in [2.24, 2.45) is 0 Å². The van der Waals surface area contributed by atoms with Gasteiger partial charge in [-0.05, 0) is 103 Å². The summed E-state index contributed by atoms with van der Waals surface area (Å²) in [5, 5.41) is 11.8. The first kappa shape index (κ1) is 82.7.